The minimum Gasteiger partial charge on any atom is -0.330 e. The fourth-order valence-corrected chi connectivity index (χ4v) is 4.34. The standard InChI is InChI=1S/C11H22N2O2S/c12-7-2-8-13(11-3-1-4-11)16(14,15)9-10-5-6-10/h10-11H,1-9,12H2. The van der Waals surface area contributed by atoms with Gasteiger partial charge >= 0.3 is 0 Å². The van der Waals surface area contributed by atoms with E-state index in [1.165, 1.54) is 6.42 Å². The van der Waals surface area contributed by atoms with Crippen LogP contribution in [-0.4, -0.2) is 37.6 Å². The number of nitrogens with zero attached hydrogens (tertiary/aromatic N) is 1. The van der Waals surface area contributed by atoms with Gasteiger partial charge in [-0.1, -0.05) is 6.42 Å². The van der Waals surface area contributed by atoms with E-state index in [1.807, 2.05) is 0 Å². The average molecular weight is 246 g/mol. The van der Waals surface area contributed by atoms with Crippen LogP contribution in [-0.2, 0) is 10.0 Å². The lowest BCUT2D eigenvalue weighted by molar-refractivity contribution is 0.218. The topological polar surface area (TPSA) is 63.4 Å². The molecule has 2 fully saturated rings. The van der Waals surface area contributed by atoms with Crippen molar-refractivity contribution in [3.05, 3.63) is 0 Å². The molecule has 2 rings (SSSR count). The second-order valence-corrected chi connectivity index (χ2v) is 7.03. The van der Waals surface area contributed by atoms with E-state index in [-0.39, 0.29) is 6.04 Å². The minimum atomic E-state index is -3.01. The highest BCUT2D eigenvalue weighted by atomic mass is 32.2. The average Bonchev–Trinajstić information content (AvgIpc) is 2.91. The Morgan fingerprint density at radius 2 is 1.88 bits per heavy atom. The number of rotatable bonds is 7. The summed E-state index contributed by atoms with van der Waals surface area (Å²) < 4.78 is 26.2. The summed E-state index contributed by atoms with van der Waals surface area (Å²) in [6, 6.07) is 0.273. The van der Waals surface area contributed by atoms with Crippen LogP contribution in [0.5, 0.6) is 0 Å². The predicted octanol–water partition coefficient (Wildman–Crippen LogP) is 0.929. The highest BCUT2D eigenvalue weighted by Crippen LogP contribution is 2.34. The van der Waals surface area contributed by atoms with Crippen LogP contribution >= 0.6 is 0 Å². The summed E-state index contributed by atoms with van der Waals surface area (Å²) in [5.41, 5.74) is 5.47. The molecule has 2 N–H and O–H groups in total. The molecule has 2 aliphatic carbocycles. The summed E-state index contributed by atoms with van der Waals surface area (Å²) >= 11 is 0. The van der Waals surface area contributed by atoms with E-state index in [2.05, 4.69) is 0 Å². The van der Waals surface area contributed by atoms with Crippen molar-refractivity contribution in [3.8, 4) is 0 Å². The highest BCUT2D eigenvalue weighted by molar-refractivity contribution is 7.89. The van der Waals surface area contributed by atoms with E-state index in [4.69, 9.17) is 5.73 Å². The zero-order chi connectivity index (χ0) is 11.6. The maximum absolute atomic E-state index is 12.2. The van der Waals surface area contributed by atoms with Crippen molar-refractivity contribution in [1.29, 1.82) is 0 Å². The van der Waals surface area contributed by atoms with Crippen LogP contribution in [0.1, 0.15) is 38.5 Å². The van der Waals surface area contributed by atoms with E-state index in [0.29, 0.717) is 24.8 Å². The second kappa shape index (κ2) is 5.02. The molecule has 0 bridgehead atoms. The van der Waals surface area contributed by atoms with Crippen LogP contribution < -0.4 is 5.73 Å². The molecule has 4 nitrogen and oxygen atoms in total. The van der Waals surface area contributed by atoms with Gasteiger partial charge in [-0.25, -0.2) is 8.42 Å². The number of hydrogen-bond acceptors (Lipinski definition) is 3. The number of sulfonamides is 1. The smallest absolute Gasteiger partial charge is 0.214 e. The molecule has 0 aromatic rings. The number of hydrogen-bond donors (Lipinski definition) is 1. The van der Waals surface area contributed by atoms with Gasteiger partial charge in [0, 0.05) is 12.6 Å². The van der Waals surface area contributed by atoms with Gasteiger partial charge in [0.05, 0.1) is 5.75 Å². The molecular weight excluding hydrogens is 224 g/mol. The van der Waals surface area contributed by atoms with E-state index < -0.39 is 10.0 Å². The Kier molecular flexibility index (Phi) is 3.87. The van der Waals surface area contributed by atoms with Crippen molar-refractivity contribution in [2.45, 2.75) is 44.6 Å². The third-order valence-corrected chi connectivity index (χ3v) is 5.65. The Balaban J connectivity index is 1.97. The van der Waals surface area contributed by atoms with Crippen LogP contribution in [0.3, 0.4) is 0 Å². The summed E-state index contributed by atoms with van der Waals surface area (Å²) in [5, 5.41) is 0. The van der Waals surface area contributed by atoms with Gasteiger partial charge in [-0.05, 0) is 44.6 Å². The predicted molar refractivity (Wildman–Crippen MR) is 64.5 cm³/mol. The Labute approximate surface area is 98.2 Å². The lowest BCUT2D eigenvalue weighted by atomic mass is 9.93. The van der Waals surface area contributed by atoms with Crippen molar-refractivity contribution in [2.75, 3.05) is 18.8 Å². The molecular formula is C11H22N2O2S. The lowest BCUT2D eigenvalue weighted by Gasteiger charge is -2.36. The van der Waals surface area contributed by atoms with Gasteiger partial charge in [0.25, 0.3) is 0 Å². The molecule has 2 aliphatic rings. The van der Waals surface area contributed by atoms with Gasteiger partial charge in [-0.15, -0.1) is 0 Å². The van der Waals surface area contributed by atoms with Gasteiger partial charge in [0.2, 0.25) is 10.0 Å². The molecule has 2 saturated carbocycles. The van der Waals surface area contributed by atoms with Crippen LogP contribution in [0, 0.1) is 5.92 Å². The Morgan fingerprint density at radius 1 is 1.19 bits per heavy atom. The van der Waals surface area contributed by atoms with Crippen molar-refractivity contribution < 1.29 is 8.42 Å². The third kappa shape index (κ3) is 2.96. The molecule has 94 valence electrons. The number of nitrogens with two attached hydrogens (primary N) is 1. The van der Waals surface area contributed by atoms with Crippen LogP contribution in [0.25, 0.3) is 0 Å². The lowest BCUT2D eigenvalue weighted by Crippen LogP contribution is -2.46. The first kappa shape index (κ1) is 12.3. The highest BCUT2D eigenvalue weighted by Gasteiger charge is 2.37. The molecule has 0 aliphatic heterocycles. The van der Waals surface area contributed by atoms with E-state index >= 15 is 0 Å². The van der Waals surface area contributed by atoms with Crippen LogP contribution in [0.15, 0.2) is 0 Å². The van der Waals surface area contributed by atoms with E-state index in [1.54, 1.807) is 4.31 Å². The Morgan fingerprint density at radius 3 is 2.31 bits per heavy atom. The molecule has 0 spiro atoms. The molecule has 0 radical (unpaired) electrons. The minimum absolute atomic E-state index is 0.273. The van der Waals surface area contributed by atoms with E-state index in [0.717, 1.165) is 32.1 Å². The molecule has 0 aromatic heterocycles. The zero-order valence-electron chi connectivity index (χ0n) is 9.77. The van der Waals surface area contributed by atoms with Gasteiger partial charge in [-0.3, -0.25) is 0 Å². The van der Waals surface area contributed by atoms with Gasteiger partial charge in [0.15, 0.2) is 0 Å². The first-order chi connectivity index (χ1) is 7.63. The molecule has 0 heterocycles. The fraction of sp³-hybridized carbons (Fsp3) is 1.00. The summed E-state index contributed by atoms with van der Waals surface area (Å²) in [6.07, 6.45) is 6.20. The quantitative estimate of drug-likeness (QED) is 0.727. The molecule has 16 heavy (non-hydrogen) atoms. The second-order valence-electron chi connectivity index (χ2n) is 5.06. The Hall–Kier alpha value is -0.130. The maximum atomic E-state index is 12.2. The molecule has 0 atom stereocenters. The first-order valence-electron chi connectivity index (χ1n) is 6.33. The largest absolute Gasteiger partial charge is 0.330 e. The molecule has 5 heteroatoms. The third-order valence-electron chi connectivity index (χ3n) is 3.57. The van der Waals surface area contributed by atoms with Crippen LogP contribution in [0.4, 0.5) is 0 Å². The molecule has 0 unspecified atom stereocenters. The van der Waals surface area contributed by atoms with Gasteiger partial charge in [0.1, 0.15) is 0 Å². The van der Waals surface area contributed by atoms with Crippen molar-refractivity contribution in [1.82, 2.24) is 4.31 Å². The maximum Gasteiger partial charge on any atom is 0.214 e. The summed E-state index contributed by atoms with van der Waals surface area (Å²) in [7, 11) is -3.01. The normalized spacial score (nSPS) is 22.4. The summed E-state index contributed by atoms with van der Waals surface area (Å²) in [6.45, 7) is 1.19. The SMILES string of the molecule is NCCCN(C1CCC1)S(=O)(=O)CC1CC1. The zero-order valence-corrected chi connectivity index (χ0v) is 10.6. The van der Waals surface area contributed by atoms with Gasteiger partial charge < -0.3 is 5.73 Å². The van der Waals surface area contributed by atoms with Gasteiger partial charge in [-0.2, -0.15) is 4.31 Å². The van der Waals surface area contributed by atoms with Crippen molar-refractivity contribution in [2.24, 2.45) is 11.7 Å². The summed E-state index contributed by atoms with van der Waals surface area (Å²) in [5.74, 6) is 0.805. The monoisotopic (exact) mass is 246 g/mol. The molecule has 0 aromatic carbocycles. The molecule has 0 amide bonds. The van der Waals surface area contributed by atoms with Crippen LogP contribution in [0.2, 0.25) is 0 Å². The first-order valence-corrected chi connectivity index (χ1v) is 7.94. The van der Waals surface area contributed by atoms with Crippen molar-refractivity contribution in [3.63, 3.8) is 0 Å². The molecule has 0 saturated heterocycles. The van der Waals surface area contributed by atoms with Crippen molar-refractivity contribution >= 4 is 10.0 Å². The van der Waals surface area contributed by atoms with E-state index in [9.17, 15) is 8.42 Å². The fourth-order valence-electron chi connectivity index (χ4n) is 2.15. The summed E-state index contributed by atoms with van der Waals surface area (Å²) in [4.78, 5) is 0. The Bertz CT molecular complexity index is 321.